The number of ether oxygens (including phenoxy) is 1. The molecule has 2 N–H and O–H groups in total. The number of nitrogens with two attached hydrogens (primary N) is 1. The Labute approximate surface area is 121 Å². The van der Waals surface area contributed by atoms with E-state index in [1.165, 1.54) is 11.3 Å². The number of benzene rings is 1. The molecule has 0 amide bonds. The average Bonchev–Trinajstić information content (AvgIpc) is 2.84. The zero-order chi connectivity index (χ0) is 14.1. The van der Waals surface area contributed by atoms with Crippen molar-refractivity contribution < 1.29 is 4.74 Å². The van der Waals surface area contributed by atoms with E-state index in [4.69, 9.17) is 16.9 Å². The normalized spacial score (nSPS) is 10.4. The molecular formula is C16H12N2OS. The standard InChI is InChI=1S/C16H12N2OS/c1-3-13-15(17)14-12(8-9-18-16(14)20-13)10-4-6-11(19-2)7-5-10/h1,4-9H,17H2,2H3. The van der Waals surface area contributed by atoms with Crippen LogP contribution in [0.3, 0.4) is 0 Å². The lowest BCUT2D eigenvalue weighted by Crippen LogP contribution is -1.88. The molecule has 0 bridgehead atoms. The first-order chi connectivity index (χ1) is 9.74. The van der Waals surface area contributed by atoms with Crippen LogP contribution in [0.2, 0.25) is 0 Å². The number of hydrogen-bond donors (Lipinski definition) is 1. The van der Waals surface area contributed by atoms with Crippen LogP contribution in [-0.4, -0.2) is 12.1 Å². The van der Waals surface area contributed by atoms with Crippen molar-refractivity contribution in [2.45, 2.75) is 0 Å². The lowest BCUT2D eigenvalue weighted by Gasteiger charge is -2.06. The zero-order valence-electron chi connectivity index (χ0n) is 10.9. The average molecular weight is 280 g/mol. The van der Waals surface area contributed by atoms with Crippen molar-refractivity contribution >= 4 is 27.2 Å². The highest BCUT2D eigenvalue weighted by Gasteiger charge is 2.13. The molecule has 0 spiro atoms. The van der Waals surface area contributed by atoms with Gasteiger partial charge in [0, 0.05) is 11.6 Å². The van der Waals surface area contributed by atoms with Gasteiger partial charge in [0.1, 0.15) is 15.5 Å². The minimum Gasteiger partial charge on any atom is -0.497 e. The van der Waals surface area contributed by atoms with Crippen molar-refractivity contribution in [1.29, 1.82) is 0 Å². The number of hydrogen-bond acceptors (Lipinski definition) is 4. The number of rotatable bonds is 2. The van der Waals surface area contributed by atoms with Gasteiger partial charge in [0.05, 0.1) is 12.8 Å². The lowest BCUT2D eigenvalue weighted by molar-refractivity contribution is 0.415. The van der Waals surface area contributed by atoms with Crippen LogP contribution in [0.15, 0.2) is 36.5 Å². The molecule has 0 aliphatic carbocycles. The second-order valence-corrected chi connectivity index (χ2v) is 5.26. The van der Waals surface area contributed by atoms with Crippen molar-refractivity contribution in [3.05, 3.63) is 41.4 Å². The van der Waals surface area contributed by atoms with Gasteiger partial charge in [-0.3, -0.25) is 0 Å². The lowest BCUT2D eigenvalue weighted by atomic mass is 10.0. The molecule has 3 nitrogen and oxygen atoms in total. The van der Waals surface area contributed by atoms with Gasteiger partial charge in [-0.25, -0.2) is 4.98 Å². The maximum absolute atomic E-state index is 6.15. The molecule has 2 aromatic heterocycles. The first-order valence-corrected chi connectivity index (χ1v) is 6.84. The Morgan fingerprint density at radius 1 is 1.25 bits per heavy atom. The fourth-order valence-electron chi connectivity index (χ4n) is 2.16. The number of fused-ring (bicyclic) bond motifs is 1. The van der Waals surface area contributed by atoms with Gasteiger partial charge in [-0.15, -0.1) is 17.8 Å². The van der Waals surface area contributed by atoms with Crippen molar-refractivity contribution in [3.63, 3.8) is 0 Å². The third-order valence-corrected chi connectivity index (χ3v) is 4.21. The number of terminal acetylenes is 1. The first-order valence-electron chi connectivity index (χ1n) is 6.02. The largest absolute Gasteiger partial charge is 0.497 e. The maximum Gasteiger partial charge on any atom is 0.127 e. The van der Waals surface area contributed by atoms with E-state index in [-0.39, 0.29) is 0 Å². The highest BCUT2D eigenvalue weighted by Crippen LogP contribution is 2.38. The molecular weight excluding hydrogens is 268 g/mol. The van der Waals surface area contributed by atoms with Gasteiger partial charge < -0.3 is 10.5 Å². The van der Waals surface area contributed by atoms with Gasteiger partial charge in [-0.1, -0.05) is 18.1 Å². The summed E-state index contributed by atoms with van der Waals surface area (Å²) in [7, 11) is 1.65. The van der Waals surface area contributed by atoms with Gasteiger partial charge >= 0.3 is 0 Å². The van der Waals surface area contributed by atoms with Crippen LogP contribution in [0.25, 0.3) is 21.3 Å². The highest BCUT2D eigenvalue weighted by molar-refractivity contribution is 7.20. The van der Waals surface area contributed by atoms with Gasteiger partial charge in [-0.05, 0) is 29.3 Å². The summed E-state index contributed by atoms with van der Waals surface area (Å²) in [4.78, 5) is 5.94. The summed E-state index contributed by atoms with van der Waals surface area (Å²) in [5.41, 5.74) is 8.87. The fraction of sp³-hybridized carbons (Fsp3) is 0.0625. The van der Waals surface area contributed by atoms with E-state index in [1.807, 2.05) is 30.3 Å². The molecule has 20 heavy (non-hydrogen) atoms. The second-order valence-electron chi connectivity index (χ2n) is 4.26. The van der Waals surface area contributed by atoms with E-state index >= 15 is 0 Å². The molecule has 0 saturated carbocycles. The molecule has 4 heteroatoms. The predicted octanol–water partition coefficient (Wildman–Crippen LogP) is 3.54. The van der Waals surface area contributed by atoms with E-state index in [1.54, 1.807) is 13.3 Å². The molecule has 98 valence electrons. The molecule has 0 fully saturated rings. The monoisotopic (exact) mass is 280 g/mol. The number of nitrogens with zero attached hydrogens (tertiary/aromatic N) is 1. The Bertz CT molecular complexity index is 813. The third-order valence-electron chi connectivity index (χ3n) is 3.16. The molecule has 0 atom stereocenters. The van der Waals surface area contributed by atoms with E-state index in [9.17, 15) is 0 Å². The van der Waals surface area contributed by atoms with Gasteiger partial charge in [0.25, 0.3) is 0 Å². The van der Waals surface area contributed by atoms with Crippen molar-refractivity contribution in [2.24, 2.45) is 0 Å². The summed E-state index contributed by atoms with van der Waals surface area (Å²) in [5, 5.41) is 0.926. The first kappa shape index (κ1) is 12.5. The summed E-state index contributed by atoms with van der Waals surface area (Å²) in [6.45, 7) is 0. The second kappa shape index (κ2) is 4.87. The topological polar surface area (TPSA) is 48.1 Å². The number of nitrogen functional groups attached to an aromatic ring is 1. The minimum atomic E-state index is 0.631. The third kappa shape index (κ3) is 1.89. The summed E-state index contributed by atoms with van der Waals surface area (Å²) in [6.07, 6.45) is 7.25. The van der Waals surface area contributed by atoms with Crippen molar-refractivity contribution in [2.75, 3.05) is 12.8 Å². The predicted molar refractivity (Wildman–Crippen MR) is 84.0 cm³/mol. The van der Waals surface area contributed by atoms with Gasteiger partial charge in [0.15, 0.2) is 0 Å². The molecule has 2 heterocycles. The molecule has 1 aromatic carbocycles. The van der Waals surface area contributed by atoms with E-state index < -0.39 is 0 Å². The Morgan fingerprint density at radius 3 is 2.65 bits per heavy atom. The number of pyridine rings is 1. The highest BCUT2D eigenvalue weighted by atomic mass is 32.1. The van der Waals surface area contributed by atoms with Crippen LogP contribution in [0.5, 0.6) is 5.75 Å². The molecule has 3 aromatic rings. The summed E-state index contributed by atoms with van der Waals surface area (Å²) in [5.74, 6) is 3.44. The van der Waals surface area contributed by atoms with E-state index in [0.29, 0.717) is 5.69 Å². The van der Waals surface area contributed by atoms with Crippen LogP contribution in [-0.2, 0) is 0 Å². The minimum absolute atomic E-state index is 0.631. The fourth-order valence-corrected chi connectivity index (χ4v) is 3.06. The van der Waals surface area contributed by atoms with Gasteiger partial charge in [0.2, 0.25) is 0 Å². The number of thiophene rings is 1. The number of aromatic nitrogens is 1. The Hall–Kier alpha value is -2.51. The molecule has 0 radical (unpaired) electrons. The molecule has 3 rings (SSSR count). The van der Waals surface area contributed by atoms with Crippen LogP contribution >= 0.6 is 11.3 Å². The van der Waals surface area contributed by atoms with Crippen molar-refractivity contribution in [1.82, 2.24) is 4.98 Å². The van der Waals surface area contributed by atoms with Crippen LogP contribution in [0.1, 0.15) is 4.88 Å². The van der Waals surface area contributed by atoms with E-state index in [2.05, 4.69) is 10.9 Å². The van der Waals surface area contributed by atoms with Crippen LogP contribution < -0.4 is 10.5 Å². The summed E-state index contributed by atoms with van der Waals surface area (Å²) < 4.78 is 5.18. The summed E-state index contributed by atoms with van der Waals surface area (Å²) in [6, 6.07) is 9.80. The molecule has 0 unspecified atom stereocenters. The number of methoxy groups -OCH3 is 1. The summed E-state index contributed by atoms with van der Waals surface area (Å²) >= 11 is 1.44. The van der Waals surface area contributed by atoms with Crippen LogP contribution in [0.4, 0.5) is 5.69 Å². The smallest absolute Gasteiger partial charge is 0.127 e. The van der Waals surface area contributed by atoms with Crippen molar-refractivity contribution in [3.8, 4) is 29.2 Å². The Balaban J connectivity index is 2.25. The molecule has 0 aliphatic heterocycles. The molecule has 0 saturated heterocycles. The quantitative estimate of drug-likeness (QED) is 0.730. The Morgan fingerprint density at radius 2 is 2.00 bits per heavy atom. The zero-order valence-corrected chi connectivity index (χ0v) is 11.7. The van der Waals surface area contributed by atoms with E-state index in [0.717, 1.165) is 32.0 Å². The SMILES string of the molecule is C#Cc1sc2nccc(-c3ccc(OC)cc3)c2c1N. The maximum atomic E-state index is 6.15. The van der Waals surface area contributed by atoms with Gasteiger partial charge in [-0.2, -0.15) is 0 Å². The Kier molecular flexibility index (Phi) is 3.05. The number of anilines is 1. The molecule has 0 aliphatic rings. The van der Waals surface area contributed by atoms with Crippen LogP contribution in [0, 0.1) is 12.3 Å².